The molecule has 0 aliphatic heterocycles. The molecular weight excluding hydrogens is 463 g/mol. The summed E-state index contributed by atoms with van der Waals surface area (Å²) in [6, 6.07) is 8.19. The zero-order chi connectivity index (χ0) is 22.7. The second-order valence-electron chi connectivity index (χ2n) is 7.02. The van der Waals surface area contributed by atoms with Crippen LogP contribution >= 0.6 is 23.2 Å². The summed E-state index contributed by atoms with van der Waals surface area (Å²) >= 11 is 10.8. The molecular formula is C20H21Cl2N4O4S+. The summed E-state index contributed by atoms with van der Waals surface area (Å²) in [5, 5.41) is 12.7. The van der Waals surface area contributed by atoms with Crippen LogP contribution in [0.25, 0.3) is 0 Å². The number of hydrogen-bond donors (Lipinski definition) is 2. The summed E-state index contributed by atoms with van der Waals surface area (Å²) in [6.07, 6.45) is 1.83. The van der Waals surface area contributed by atoms with Crippen LogP contribution in [-0.2, 0) is 29.1 Å². The monoisotopic (exact) mass is 483 g/mol. The van der Waals surface area contributed by atoms with E-state index in [9.17, 15) is 14.6 Å². The fourth-order valence-electron chi connectivity index (χ4n) is 2.97. The zero-order valence-electron chi connectivity index (χ0n) is 16.8. The first-order valence-corrected chi connectivity index (χ1v) is 11.2. The lowest BCUT2D eigenvalue weighted by Gasteiger charge is -2.11. The van der Waals surface area contributed by atoms with Crippen LogP contribution in [0.15, 0.2) is 52.6 Å². The van der Waals surface area contributed by atoms with Crippen molar-refractivity contribution in [3.05, 3.63) is 75.1 Å². The number of nitrogens with zero attached hydrogens (tertiary/aromatic N) is 3. The van der Waals surface area contributed by atoms with E-state index in [-0.39, 0.29) is 19.1 Å². The van der Waals surface area contributed by atoms with E-state index in [0.717, 1.165) is 5.56 Å². The number of ether oxygens (including phenoxy) is 1. The Balaban J connectivity index is 2.15. The number of imidazole rings is 1. The van der Waals surface area contributed by atoms with Gasteiger partial charge in [-0.05, 0) is 11.6 Å². The number of nitrogens with two attached hydrogens (primary N) is 1. The predicted molar refractivity (Wildman–Crippen MR) is 118 cm³/mol. The van der Waals surface area contributed by atoms with Gasteiger partial charge in [-0.25, -0.2) is 9.78 Å². The van der Waals surface area contributed by atoms with Crippen LogP contribution in [0.5, 0.6) is 0 Å². The van der Waals surface area contributed by atoms with Crippen molar-refractivity contribution in [2.24, 2.45) is 5.73 Å². The van der Waals surface area contributed by atoms with Gasteiger partial charge in [0.2, 0.25) is 16.1 Å². The van der Waals surface area contributed by atoms with Gasteiger partial charge in [0.25, 0.3) is 5.03 Å². The van der Waals surface area contributed by atoms with Crippen molar-refractivity contribution in [1.82, 2.24) is 9.55 Å². The van der Waals surface area contributed by atoms with Gasteiger partial charge in [0, 0.05) is 40.2 Å². The molecule has 0 saturated carbocycles. The number of amides is 1. The molecule has 11 heteroatoms. The average molecular weight is 484 g/mol. The number of carbonyl (C=O) groups is 1. The third-order valence-corrected chi connectivity index (χ3v) is 6.28. The Hall–Kier alpha value is -2.46. The molecule has 3 rings (SSSR count). The van der Waals surface area contributed by atoms with Crippen molar-refractivity contribution in [3.8, 4) is 0 Å². The maximum Gasteiger partial charge on any atom is 0.404 e. The van der Waals surface area contributed by atoms with Gasteiger partial charge >= 0.3 is 6.09 Å². The van der Waals surface area contributed by atoms with Gasteiger partial charge < -0.3 is 15.7 Å². The van der Waals surface area contributed by atoms with E-state index in [4.69, 9.17) is 33.7 Å². The first-order valence-electron chi connectivity index (χ1n) is 9.24. The van der Waals surface area contributed by atoms with E-state index in [0.29, 0.717) is 36.2 Å². The molecule has 1 aromatic carbocycles. The maximum absolute atomic E-state index is 11.4. The molecule has 0 aliphatic carbocycles. The fourth-order valence-corrected chi connectivity index (χ4v) is 5.19. The second-order valence-corrected chi connectivity index (χ2v) is 9.32. The molecule has 3 N–H and O–H groups in total. The number of halogens is 2. The molecule has 0 bridgehead atoms. The van der Waals surface area contributed by atoms with Gasteiger partial charge in [0.05, 0.1) is 6.54 Å². The summed E-state index contributed by atoms with van der Waals surface area (Å²) in [5.41, 5.74) is 6.57. The number of hydrogen-bond acceptors (Lipinski definition) is 5. The van der Waals surface area contributed by atoms with Gasteiger partial charge in [-0.3, -0.25) is 4.57 Å². The smallest absolute Gasteiger partial charge is 0.404 e. The molecule has 31 heavy (non-hydrogen) atoms. The minimum Gasteiger partial charge on any atom is -0.619 e. The highest BCUT2D eigenvalue weighted by Gasteiger charge is 2.37. The van der Waals surface area contributed by atoms with Crippen LogP contribution in [0, 0.1) is 5.21 Å². The summed E-state index contributed by atoms with van der Waals surface area (Å²) in [5.74, 6) is 0.371. The molecule has 0 spiro atoms. The first-order chi connectivity index (χ1) is 14.7. The molecule has 0 saturated heterocycles. The molecule has 1 unspecified atom stereocenters. The minimum absolute atomic E-state index is 0.0417. The van der Waals surface area contributed by atoms with Crippen molar-refractivity contribution in [2.45, 2.75) is 42.8 Å². The molecule has 0 aliphatic rings. The normalized spacial score (nSPS) is 12.2. The van der Waals surface area contributed by atoms with Crippen molar-refractivity contribution >= 4 is 40.5 Å². The summed E-state index contributed by atoms with van der Waals surface area (Å²) < 4.78 is 18.7. The Bertz CT molecular complexity index is 1070. The number of benzene rings is 1. The highest BCUT2D eigenvalue weighted by molar-refractivity contribution is 7.91. The predicted octanol–water partition coefficient (Wildman–Crippen LogP) is 4.10. The Morgan fingerprint density at radius 3 is 2.45 bits per heavy atom. The summed E-state index contributed by atoms with van der Waals surface area (Å²) in [6.45, 7) is 4.00. The summed E-state index contributed by atoms with van der Waals surface area (Å²) in [7, 11) is 0. The Kier molecular flexibility index (Phi) is 7.32. The van der Waals surface area contributed by atoms with E-state index in [1.807, 2.05) is 13.8 Å². The van der Waals surface area contributed by atoms with Gasteiger partial charge in [0.15, 0.2) is 24.8 Å². The molecule has 8 nitrogen and oxygen atoms in total. The SMILES string of the molecule is CC(C)c1nc(COC(N)=O)n(Cc2cc[n+]([O-])cc2)c1[S+](O)c1cc(Cl)cc(Cl)c1. The van der Waals surface area contributed by atoms with Gasteiger partial charge in [0.1, 0.15) is 5.69 Å². The Labute approximate surface area is 192 Å². The number of carbonyl (C=O) groups excluding carboxylic acids is 1. The third kappa shape index (κ3) is 5.62. The van der Waals surface area contributed by atoms with Crippen LogP contribution < -0.4 is 10.5 Å². The quantitative estimate of drug-likeness (QED) is 0.298. The van der Waals surface area contributed by atoms with Crippen molar-refractivity contribution < 1.29 is 18.8 Å². The number of aromatic nitrogens is 3. The molecule has 3 aromatic rings. The van der Waals surface area contributed by atoms with Gasteiger partial charge in [-0.15, -0.1) is 0 Å². The first kappa shape index (κ1) is 23.2. The van der Waals surface area contributed by atoms with Crippen LogP contribution in [0.4, 0.5) is 4.79 Å². The second kappa shape index (κ2) is 9.78. The van der Waals surface area contributed by atoms with E-state index in [1.165, 1.54) is 12.4 Å². The van der Waals surface area contributed by atoms with Crippen LogP contribution in [-0.4, -0.2) is 20.2 Å². The zero-order valence-corrected chi connectivity index (χ0v) is 19.1. The van der Waals surface area contributed by atoms with Crippen molar-refractivity contribution in [1.29, 1.82) is 0 Å². The topological polar surface area (TPSA) is 117 Å². The highest BCUT2D eigenvalue weighted by atomic mass is 35.5. The summed E-state index contributed by atoms with van der Waals surface area (Å²) in [4.78, 5) is 16.3. The van der Waals surface area contributed by atoms with Gasteiger partial charge in [-0.1, -0.05) is 37.0 Å². The Morgan fingerprint density at radius 2 is 1.90 bits per heavy atom. The third-order valence-electron chi connectivity index (χ3n) is 4.37. The molecule has 0 radical (unpaired) electrons. The van der Waals surface area contributed by atoms with Crippen LogP contribution in [0.3, 0.4) is 0 Å². The lowest BCUT2D eigenvalue weighted by Crippen LogP contribution is -2.24. The van der Waals surface area contributed by atoms with E-state index >= 15 is 0 Å². The minimum atomic E-state index is -1.44. The van der Waals surface area contributed by atoms with E-state index in [1.54, 1.807) is 34.9 Å². The van der Waals surface area contributed by atoms with E-state index < -0.39 is 17.3 Å². The lowest BCUT2D eigenvalue weighted by atomic mass is 10.1. The van der Waals surface area contributed by atoms with E-state index in [2.05, 4.69) is 4.98 Å². The number of primary amides is 1. The molecule has 1 amide bonds. The van der Waals surface area contributed by atoms with Crippen LogP contribution in [0.2, 0.25) is 10.0 Å². The fraction of sp³-hybridized carbons (Fsp3) is 0.250. The van der Waals surface area contributed by atoms with Gasteiger partial charge in [-0.2, -0.15) is 9.28 Å². The Morgan fingerprint density at radius 1 is 1.29 bits per heavy atom. The molecule has 1 atom stereocenters. The van der Waals surface area contributed by atoms with Crippen molar-refractivity contribution in [2.75, 3.05) is 0 Å². The number of pyridine rings is 1. The lowest BCUT2D eigenvalue weighted by molar-refractivity contribution is -0.605. The van der Waals surface area contributed by atoms with Crippen molar-refractivity contribution in [3.63, 3.8) is 0 Å². The molecule has 2 aromatic heterocycles. The molecule has 164 valence electrons. The average Bonchev–Trinajstić information content (AvgIpc) is 3.05. The van der Waals surface area contributed by atoms with Crippen LogP contribution in [0.1, 0.15) is 36.8 Å². The highest BCUT2D eigenvalue weighted by Crippen LogP contribution is 2.33. The largest absolute Gasteiger partial charge is 0.619 e. The molecule has 0 fully saturated rings. The number of rotatable bonds is 7. The standard InChI is InChI=1S/C20H20Cl2N4O4S/c1-12(2)18-19(31(29)16-8-14(21)7-15(22)9-16)26(17(24-18)11-30-20(23)27)10-13-3-5-25(28)6-4-13/h3-9,12,29H,10-11H2,1-2H3,(H-,23,27)/p+1. The molecule has 2 heterocycles. The maximum atomic E-state index is 11.4.